The zero-order valence-electron chi connectivity index (χ0n) is 29.6. The molecular weight excluding hydrogens is 617 g/mol. The smallest absolute Gasteiger partial charge is 0.488 e. The molecule has 0 spiro atoms. The first-order chi connectivity index (χ1) is 23.3. The molecule has 9 nitrogen and oxygen atoms in total. The summed E-state index contributed by atoms with van der Waals surface area (Å²) in [6.07, 6.45) is 4.24. The molecule has 1 N–H and O–H groups in total. The summed E-state index contributed by atoms with van der Waals surface area (Å²) in [6, 6.07) is 14.5. The van der Waals surface area contributed by atoms with Crippen molar-refractivity contribution in [3.05, 3.63) is 53.6 Å². The molecule has 4 atom stereocenters. The van der Waals surface area contributed by atoms with E-state index in [-0.39, 0.29) is 23.9 Å². The first kappa shape index (κ1) is 32.3. The van der Waals surface area contributed by atoms with Crippen molar-refractivity contribution < 1.29 is 28.4 Å². The van der Waals surface area contributed by atoms with Gasteiger partial charge in [-0.15, -0.1) is 0 Å². The number of aliphatic imine (C=N–C) groups is 1. The van der Waals surface area contributed by atoms with Crippen LogP contribution in [0.4, 0.5) is 10.5 Å². The number of carbonyl (C=O) groups is 2. The maximum Gasteiger partial charge on any atom is 0.494 e. The van der Waals surface area contributed by atoms with E-state index in [1.54, 1.807) is 0 Å². The lowest BCUT2D eigenvalue weighted by molar-refractivity contribution is -0.136. The van der Waals surface area contributed by atoms with Gasteiger partial charge in [0.25, 0.3) is 0 Å². The van der Waals surface area contributed by atoms with Gasteiger partial charge in [0.15, 0.2) is 0 Å². The second-order valence-corrected chi connectivity index (χ2v) is 15.8. The molecule has 10 heteroatoms. The second-order valence-electron chi connectivity index (χ2n) is 15.8. The third-order valence-corrected chi connectivity index (χ3v) is 12.0. The quantitative estimate of drug-likeness (QED) is 0.314. The van der Waals surface area contributed by atoms with E-state index in [1.807, 2.05) is 13.8 Å². The minimum Gasteiger partial charge on any atom is -0.488 e. The fraction of sp³-hybridized carbons (Fsp3) is 0.513. The minimum absolute atomic E-state index is 0.0360. The predicted molar refractivity (Wildman–Crippen MR) is 191 cm³/mol. The van der Waals surface area contributed by atoms with Gasteiger partial charge in [0.2, 0.25) is 5.91 Å². The van der Waals surface area contributed by atoms with Crippen molar-refractivity contribution in [3.63, 3.8) is 0 Å². The number of nitrogens with one attached hydrogen (secondary N) is 1. The molecule has 256 valence electrons. The van der Waals surface area contributed by atoms with Crippen molar-refractivity contribution in [1.29, 1.82) is 0 Å². The highest BCUT2D eigenvalue weighted by atomic mass is 16.7. The molecule has 2 saturated heterocycles. The first-order valence-electron chi connectivity index (χ1n) is 17.8. The van der Waals surface area contributed by atoms with Crippen molar-refractivity contribution in [2.45, 2.75) is 110 Å². The van der Waals surface area contributed by atoms with E-state index in [4.69, 9.17) is 23.8 Å². The van der Waals surface area contributed by atoms with Crippen LogP contribution in [0.5, 0.6) is 5.75 Å². The van der Waals surface area contributed by atoms with Crippen LogP contribution in [0, 0.1) is 11.8 Å². The van der Waals surface area contributed by atoms with E-state index in [0.717, 1.165) is 75.8 Å². The van der Waals surface area contributed by atoms with Gasteiger partial charge in [-0.05, 0) is 110 Å². The molecular formula is C39H46BN3O6. The van der Waals surface area contributed by atoms with Crippen LogP contribution in [0.25, 0.3) is 21.9 Å². The molecule has 3 aromatic carbocycles. The molecule has 2 amide bonds. The third kappa shape index (κ3) is 5.25. The Morgan fingerprint density at radius 2 is 1.80 bits per heavy atom. The summed E-state index contributed by atoms with van der Waals surface area (Å²) >= 11 is 0. The number of hydrogen-bond acceptors (Lipinski definition) is 7. The molecule has 1 aliphatic carbocycles. The Bertz CT molecular complexity index is 1890. The first-order valence-corrected chi connectivity index (χ1v) is 17.8. The van der Waals surface area contributed by atoms with E-state index in [0.29, 0.717) is 18.9 Å². The van der Waals surface area contributed by atoms with Crippen LogP contribution < -0.4 is 15.5 Å². The maximum absolute atomic E-state index is 14.2. The molecule has 0 radical (unpaired) electrons. The number of amides is 2. The molecule has 5 aliphatic rings. The second kappa shape index (κ2) is 11.6. The van der Waals surface area contributed by atoms with E-state index in [1.165, 1.54) is 12.7 Å². The van der Waals surface area contributed by atoms with Crippen molar-refractivity contribution in [1.82, 2.24) is 10.2 Å². The van der Waals surface area contributed by atoms with Gasteiger partial charge < -0.3 is 29.0 Å². The Balaban J connectivity index is 1.08. The number of nitrogens with zero attached hydrogens (tertiary/aromatic N) is 2. The van der Waals surface area contributed by atoms with Gasteiger partial charge >= 0.3 is 13.2 Å². The highest BCUT2D eigenvalue weighted by Gasteiger charge is 2.52. The molecule has 1 saturated carbocycles. The fourth-order valence-electron chi connectivity index (χ4n) is 8.63. The van der Waals surface area contributed by atoms with Crippen molar-refractivity contribution >= 4 is 46.8 Å². The highest BCUT2D eigenvalue weighted by molar-refractivity contribution is 6.62. The summed E-state index contributed by atoms with van der Waals surface area (Å²) in [5.74, 6) is 1.21. The summed E-state index contributed by atoms with van der Waals surface area (Å²) in [6.45, 7) is 12.7. The standard InChI is InChI=1S/C39H46BN3O6/c1-21(2)35(42-37(45)46-7)36(44)43-32-10-8-9-23(32)17-33(43)31-18-28-27-19-34-29(16-22(27)11-14-30(28)41-31)26-13-12-25(15-24(26)20-47-34)40-48-38(3,4)39(5,6)49-40/h11-16,19,21,23,32-33,35H,8-10,17-18,20H2,1-7H3,(H,42,45)/t23-,32-,33-,35?/m0/s1. The number of ether oxygens (including phenoxy) is 2. The van der Waals surface area contributed by atoms with Crippen LogP contribution in [0.1, 0.15) is 78.4 Å². The summed E-state index contributed by atoms with van der Waals surface area (Å²) in [4.78, 5) is 33.7. The number of hydrogen-bond donors (Lipinski definition) is 1. The molecule has 1 unspecified atom stereocenters. The predicted octanol–water partition coefficient (Wildman–Crippen LogP) is 6.48. The van der Waals surface area contributed by atoms with E-state index < -0.39 is 30.5 Å². The van der Waals surface area contributed by atoms with Crippen LogP contribution in [0.3, 0.4) is 0 Å². The van der Waals surface area contributed by atoms with Gasteiger partial charge in [0, 0.05) is 23.7 Å². The van der Waals surface area contributed by atoms with Crippen molar-refractivity contribution in [2.75, 3.05) is 7.11 Å². The molecule has 8 rings (SSSR count). The number of methoxy groups -OCH3 is 1. The number of rotatable bonds is 5. The normalized spacial score (nSPS) is 25.0. The van der Waals surface area contributed by atoms with Gasteiger partial charge in [-0.25, -0.2) is 4.79 Å². The van der Waals surface area contributed by atoms with Crippen LogP contribution in [-0.2, 0) is 31.9 Å². The van der Waals surface area contributed by atoms with Gasteiger partial charge in [0.05, 0.1) is 30.0 Å². The third-order valence-electron chi connectivity index (χ3n) is 12.0. The monoisotopic (exact) mass is 663 g/mol. The Kier molecular flexibility index (Phi) is 7.65. The lowest BCUT2D eigenvalue weighted by atomic mass is 9.77. The minimum atomic E-state index is -0.654. The van der Waals surface area contributed by atoms with Crippen LogP contribution >= 0.6 is 0 Å². The Hall–Kier alpha value is -3.89. The Labute approximate surface area is 288 Å². The lowest BCUT2D eigenvalue weighted by Gasteiger charge is -2.34. The highest BCUT2D eigenvalue weighted by Crippen LogP contribution is 2.47. The average Bonchev–Trinajstić information content (AvgIpc) is 3.83. The summed E-state index contributed by atoms with van der Waals surface area (Å²) in [7, 11) is 0.911. The van der Waals surface area contributed by atoms with E-state index in [9.17, 15) is 9.59 Å². The summed E-state index contributed by atoms with van der Waals surface area (Å²) < 4.78 is 23.9. The molecule has 3 fully saturated rings. The Morgan fingerprint density at radius 3 is 2.53 bits per heavy atom. The molecule has 4 aliphatic heterocycles. The molecule has 3 aromatic rings. The molecule has 0 bridgehead atoms. The number of fused-ring (bicyclic) bond motifs is 7. The molecule has 4 heterocycles. The number of likely N-dealkylation sites (tertiary alicyclic amines) is 1. The lowest BCUT2D eigenvalue weighted by Crippen LogP contribution is -2.56. The van der Waals surface area contributed by atoms with Gasteiger partial charge in [-0.3, -0.25) is 9.79 Å². The van der Waals surface area contributed by atoms with Crippen LogP contribution in [-0.4, -0.2) is 66.2 Å². The van der Waals surface area contributed by atoms with Crippen molar-refractivity contribution in [2.24, 2.45) is 16.8 Å². The van der Waals surface area contributed by atoms with Crippen LogP contribution in [0.15, 0.2) is 47.5 Å². The topological polar surface area (TPSA) is 98.7 Å². The van der Waals surface area contributed by atoms with E-state index in [2.05, 4.69) is 80.4 Å². The maximum atomic E-state index is 14.2. The fourth-order valence-corrected chi connectivity index (χ4v) is 8.63. The summed E-state index contributed by atoms with van der Waals surface area (Å²) in [5, 5.41) is 5.09. The largest absolute Gasteiger partial charge is 0.494 e. The number of carbonyl (C=O) groups excluding carboxylic acids is 2. The van der Waals surface area contributed by atoms with E-state index >= 15 is 0 Å². The van der Waals surface area contributed by atoms with Crippen molar-refractivity contribution in [3.8, 4) is 16.9 Å². The summed E-state index contributed by atoms with van der Waals surface area (Å²) in [5.41, 5.74) is 6.72. The zero-order chi connectivity index (χ0) is 34.4. The number of benzene rings is 3. The van der Waals surface area contributed by atoms with Gasteiger partial charge in [-0.2, -0.15) is 0 Å². The molecule has 49 heavy (non-hydrogen) atoms. The Morgan fingerprint density at radius 1 is 1.02 bits per heavy atom. The average molecular weight is 664 g/mol. The SMILES string of the molecule is COC(=O)NC(C(=O)N1[C@H](C2=Nc3ccc4cc5c(cc4c3C2)OCc2cc(B3OC(C)(C)C(C)(C)O3)ccc2-5)C[C@@H]2CCC[C@@H]21)C(C)C. The van der Waals surface area contributed by atoms with Gasteiger partial charge in [-0.1, -0.05) is 44.5 Å². The van der Waals surface area contributed by atoms with Gasteiger partial charge in [0.1, 0.15) is 18.4 Å². The molecule has 0 aromatic heterocycles. The zero-order valence-corrected chi connectivity index (χ0v) is 29.6. The van der Waals surface area contributed by atoms with Crippen LogP contribution in [0.2, 0.25) is 0 Å². The number of alkyl carbamates (subject to hydrolysis) is 1.